The van der Waals surface area contributed by atoms with Crippen molar-refractivity contribution in [1.29, 1.82) is 0 Å². The van der Waals surface area contributed by atoms with Crippen molar-refractivity contribution in [3.05, 3.63) is 95.9 Å². The summed E-state index contributed by atoms with van der Waals surface area (Å²) >= 11 is 0. The van der Waals surface area contributed by atoms with Crippen LogP contribution in [0.1, 0.15) is 17.1 Å². The van der Waals surface area contributed by atoms with Gasteiger partial charge in [-0.05, 0) is 52.4 Å². The number of hydrogen-bond donors (Lipinski definition) is 1. The zero-order valence-electron chi connectivity index (χ0n) is 19.0. The molecule has 0 aliphatic heterocycles. The molecule has 5 aromatic rings. The second-order valence-electron chi connectivity index (χ2n) is 7.67. The number of H-pyrrole nitrogens is 1. The first kappa shape index (κ1) is 22.1. The van der Waals surface area contributed by atoms with Gasteiger partial charge in [-0.15, -0.1) is 5.10 Å². The third-order valence-corrected chi connectivity index (χ3v) is 5.24. The van der Waals surface area contributed by atoms with E-state index in [-0.39, 0.29) is 6.61 Å². The lowest BCUT2D eigenvalue weighted by Crippen LogP contribution is -2.02. The van der Waals surface area contributed by atoms with Crippen LogP contribution in [-0.2, 0) is 19.8 Å². The number of benzene rings is 3. The first-order valence-electron chi connectivity index (χ1n) is 11.0. The molecule has 0 saturated heterocycles. The standard InChI is InChI=1S/C26H23N5O4/c1-32-24-12-11-22(14-25(24)35-16-20-10-9-19-6-2-3-8-23(19)27-20)33-15-18-5-4-7-21(13-18)34-17-26-28-30-31-29-26/h2-14H,15-17H2,1H3,(H,28,29,30,31). The number of aromatic nitrogens is 5. The molecule has 2 heterocycles. The molecule has 2 aromatic heterocycles. The Hall–Kier alpha value is -4.66. The number of fused-ring (bicyclic) bond motifs is 1. The van der Waals surface area contributed by atoms with Crippen molar-refractivity contribution in [3.8, 4) is 23.0 Å². The minimum atomic E-state index is 0.253. The van der Waals surface area contributed by atoms with E-state index < -0.39 is 0 Å². The molecule has 0 aliphatic carbocycles. The molecule has 9 nitrogen and oxygen atoms in total. The average molecular weight is 470 g/mol. The third-order valence-electron chi connectivity index (χ3n) is 5.24. The van der Waals surface area contributed by atoms with E-state index in [1.54, 1.807) is 7.11 Å². The zero-order chi connectivity index (χ0) is 23.9. The minimum Gasteiger partial charge on any atom is -0.493 e. The second-order valence-corrected chi connectivity index (χ2v) is 7.67. The molecule has 0 bridgehead atoms. The number of methoxy groups -OCH3 is 1. The summed E-state index contributed by atoms with van der Waals surface area (Å²) in [4.78, 5) is 4.66. The van der Waals surface area contributed by atoms with Gasteiger partial charge in [0.15, 0.2) is 17.3 Å². The lowest BCUT2D eigenvalue weighted by atomic mass is 10.2. The summed E-state index contributed by atoms with van der Waals surface area (Å²) in [5, 5.41) is 14.6. The Morgan fingerprint density at radius 1 is 0.743 bits per heavy atom. The van der Waals surface area contributed by atoms with Gasteiger partial charge in [-0.3, -0.25) is 0 Å². The van der Waals surface area contributed by atoms with Crippen LogP contribution in [0.15, 0.2) is 78.9 Å². The number of aromatic amines is 1. The molecule has 0 radical (unpaired) electrons. The summed E-state index contributed by atoms with van der Waals surface area (Å²) in [6, 6.07) is 25.1. The number of tetrazole rings is 1. The molecule has 35 heavy (non-hydrogen) atoms. The van der Waals surface area contributed by atoms with E-state index in [0.29, 0.717) is 42.0 Å². The molecule has 176 valence electrons. The van der Waals surface area contributed by atoms with E-state index in [2.05, 4.69) is 25.6 Å². The van der Waals surface area contributed by atoms with Crippen molar-refractivity contribution in [3.63, 3.8) is 0 Å². The predicted molar refractivity (Wildman–Crippen MR) is 128 cm³/mol. The van der Waals surface area contributed by atoms with E-state index in [1.807, 2.05) is 78.9 Å². The number of nitrogens with zero attached hydrogens (tertiary/aromatic N) is 4. The Morgan fingerprint density at radius 2 is 1.63 bits per heavy atom. The molecule has 5 rings (SSSR count). The first-order chi connectivity index (χ1) is 17.3. The molecule has 0 atom stereocenters. The van der Waals surface area contributed by atoms with Crippen LogP contribution in [0.3, 0.4) is 0 Å². The van der Waals surface area contributed by atoms with Crippen molar-refractivity contribution < 1.29 is 18.9 Å². The fraction of sp³-hybridized carbons (Fsp3) is 0.154. The van der Waals surface area contributed by atoms with Crippen molar-refractivity contribution in [2.24, 2.45) is 0 Å². The van der Waals surface area contributed by atoms with Crippen LogP contribution in [0.4, 0.5) is 0 Å². The smallest absolute Gasteiger partial charge is 0.186 e. The molecule has 0 saturated carbocycles. The molecule has 0 aliphatic rings. The van der Waals surface area contributed by atoms with Gasteiger partial charge in [0.2, 0.25) is 0 Å². The van der Waals surface area contributed by atoms with Gasteiger partial charge < -0.3 is 18.9 Å². The van der Waals surface area contributed by atoms with E-state index >= 15 is 0 Å². The molecule has 9 heteroatoms. The van der Waals surface area contributed by atoms with Crippen molar-refractivity contribution in [2.45, 2.75) is 19.8 Å². The summed E-state index contributed by atoms with van der Waals surface area (Å²) in [5.41, 5.74) is 2.72. The number of pyridine rings is 1. The van der Waals surface area contributed by atoms with Crippen LogP contribution in [0, 0.1) is 0 Å². The van der Waals surface area contributed by atoms with Crippen LogP contribution in [-0.4, -0.2) is 32.7 Å². The molecular weight excluding hydrogens is 446 g/mol. The van der Waals surface area contributed by atoms with Gasteiger partial charge in [-0.25, -0.2) is 10.1 Å². The van der Waals surface area contributed by atoms with E-state index in [1.165, 1.54) is 0 Å². The predicted octanol–water partition coefficient (Wildman–Crippen LogP) is 4.49. The molecular formula is C26H23N5O4. The van der Waals surface area contributed by atoms with Crippen LogP contribution in [0.5, 0.6) is 23.0 Å². The highest BCUT2D eigenvalue weighted by Gasteiger charge is 2.09. The first-order valence-corrected chi connectivity index (χ1v) is 11.0. The van der Waals surface area contributed by atoms with Gasteiger partial charge >= 0.3 is 0 Å². The fourth-order valence-corrected chi connectivity index (χ4v) is 3.48. The summed E-state index contributed by atoms with van der Waals surface area (Å²) < 4.78 is 23.2. The van der Waals surface area contributed by atoms with Crippen molar-refractivity contribution >= 4 is 10.9 Å². The van der Waals surface area contributed by atoms with Gasteiger partial charge in [0.05, 0.1) is 18.3 Å². The van der Waals surface area contributed by atoms with E-state index in [0.717, 1.165) is 22.2 Å². The monoisotopic (exact) mass is 469 g/mol. The quantitative estimate of drug-likeness (QED) is 0.319. The highest BCUT2D eigenvalue weighted by molar-refractivity contribution is 5.78. The Bertz CT molecular complexity index is 1410. The summed E-state index contributed by atoms with van der Waals surface area (Å²) in [6.45, 7) is 0.923. The van der Waals surface area contributed by atoms with Crippen molar-refractivity contribution in [1.82, 2.24) is 25.6 Å². The van der Waals surface area contributed by atoms with Gasteiger partial charge in [0, 0.05) is 11.5 Å². The Kier molecular flexibility index (Phi) is 6.65. The average Bonchev–Trinajstić information content (AvgIpc) is 3.43. The Balaban J connectivity index is 1.22. The van der Waals surface area contributed by atoms with Crippen molar-refractivity contribution in [2.75, 3.05) is 7.11 Å². The lowest BCUT2D eigenvalue weighted by molar-refractivity contribution is 0.271. The number of ether oxygens (including phenoxy) is 4. The molecule has 0 spiro atoms. The third kappa shape index (κ3) is 5.64. The maximum Gasteiger partial charge on any atom is 0.186 e. The normalized spacial score (nSPS) is 10.8. The van der Waals surface area contributed by atoms with Crippen LogP contribution in [0.2, 0.25) is 0 Å². The highest BCUT2D eigenvalue weighted by Crippen LogP contribution is 2.32. The second kappa shape index (κ2) is 10.5. The SMILES string of the molecule is COc1ccc(OCc2cccc(OCc3nnn[nH]3)c2)cc1OCc1ccc2ccccc2n1. The number of para-hydroxylation sites is 1. The topological polar surface area (TPSA) is 104 Å². The van der Waals surface area contributed by atoms with Crippen LogP contribution >= 0.6 is 0 Å². The Labute approximate surface area is 201 Å². The van der Waals surface area contributed by atoms with Gasteiger partial charge in [0.1, 0.15) is 31.3 Å². The minimum absolute atomic E-state index is 0.253. The van der Waals surface area contributed by atoms with Crippen LogP contribution < -0.4 is 18.9 Å². The maximum absolute atomic E-state index is 6.04. The molecule has 0 unspecified atom stereocenters. The molecule has 1 N–H and O–H groups in total. The number of nitrogens with one attached hydrogen (secondary N) is 1. The highest BCUT2D eigenvalue weighted by atomic mass is 16.5. The molecule has 3 aromatic carbocycles. The largest absolute Gasteiger partial charge is 0.493 e. The molecule has 0 fully saturated rings. The maximum atomic E-state index is 6.04. The zero-order valence-corrected chi connectivity index (χ0v) is 19.0. The molecule has 0 amide bonds. The lowest BCUT2D eigenvalue weighted by Gasteiger charge is -2.13. The van der Waals surface area contributed by atoms with E-state index in [9.17, 15) is 0 Å². The van der Waals surface area contributed by atoms with Gasteiger partial charge in [-0.1, -0.05) is 36.4 Å². The van der Waals surface area contributed by atoms with Crippen LogP contribution in [0.25, 0.3) is 10.9 Å². The van der Waals surface area contributed by atoms with Gasteiger partial charge in [0.25, 0.3) is 0 Å². The number of rotatable bonds is 10. The summed E-state index contributed by atoms with van der Waals surface area (Å²) in [6.07, 6.45) is 0. The fourth-order valence-electron chi connectivity index (χ4n) is 3.48. The summed E-state index contributed by atoms with van der Waals surface area (Å²) in [5.74, 6) is 3.11. The summed E-state index contributed by atoms with van der Waals surface area (Å²) in [7, 11) is 1.61. The van der Waals surface area contributed by atoms with Gasteiger partial charge in [-0.2, -0.15) is 0 Å². The van der Waals surface area contributed by atoms with E-state index in [4.69, 9.17) is 18.9 Å². The number of hydrogen-bond acceptors (Lipinski definition) is 8. The Morgan fingerprint density at radius 3 is 2.51 bits per heavy atom.